The van der Waals surface area contributed by atoms with Gasteiger partial charge in [0.25, 0.3) is 0 Å². The molecular weight excluding hydrogens is 280 g/mol. The highest BCUT2D eigenvalue weighted by atomic mass is 35.5. The molecule has 0 spiro atoms. The van der Waals surface area contributed by atoms with E-state index in [-0.39, 0.29) is 0 Å². The maximum Gasteiger partial charge on any atom is 0.170 e. The molecule has 104 valence electrons. The van der Waals surface area contributed by atoms with Gasteiger partial charge in [0.05, 0.1) is 0 Å². The molecular formula is C13H19ClN4S. The van der Waals surface area contributed by atoms with Gasteiger partial charge in [-0.05, 0) is 31.5 Å². The van der Waals surface area contributed by atoms with Gasteiger partial charge in [-0.1, -0.05) is 37.2 Å². The molecule has 2 heterocycles. The zero-order valence-corrected chi connectivity index (χ0v) is 13.1. The molecule has 0 aliphatic carbocycles. The minimum Gasteiger partial charge on any atom is -0.302 e. The van der Waals surface area contributed by atoms with Crippen LogP contribution in [-0.4, -0.2) is 45.3 Å². The van der Waals surface area contributed by atoms with Crippen molar-refractivity contribution in [2.24, 2.45) is 0 Å². The molecule has 0 saturated carbocycles. The molecule has 0 saturated heterocycles. The van der Waals surface area contributed by atoms with E-state index in [9.17, 15) is 0 Å². The minimum atomic E-state index is 0.518. The topological polar surface area (TPSA) is 34.0 Å². The van der Waals surface area contributed by atoms with Crippen LogP contribution in [0, 0.1) is 0 Å². The number of hydrogen-bond donors (Lipinski definition) is 0. The molecule has 0 amide bonds. The van der Waals surface area contributed by atoms with E-state index in [1.807, 2.05) is 12.3 Å². The van der Waals surface area contributed by atoms with Crippen LogP contribution < -0.4 is 0 Å². The highest BCUT2D eigenvalue weighted by molar-refractivity contribution is 7.98. The molecule has 0 aromatic carbocycles. The lowest BCUT2D eigenvalue weighted by Crippen LogP contribution is -2.27. The molecule has 0 bridgehead atoms. The number of nitrogens with zero attached hydrogens (tertiary/aromatic N) is 4. The Morgan fingerprint density at radius 2 is 2.00 bits per heavy atom. The van der Waals surface area contributed by atoms with Gasteiger partial charge in [0.1, 0.15) is 10.7 Å². The van der Waals surface area contributed by atoms with Crippen molar-refractivity contribution in [3.8, 4) is 0 Å². The van der Waals surface area contributed by atoms with E-state index in [0.717, 1.165) is 42.5 Å². The third-order valence-electron chi connectivity index (χ3n) is 3.24. The van der Waals surface area contributed by atoms with Crippen LogP contribution in [0.1, 0.15) is 13.8 Å². The quantitative estimate of drug-likeness (QED) is 0.606. The normalized spacial score (nSPS) is 11.6. The summed E-state index contributed by atoms with van der Waals surface area (Å²) >= 11 is 7.64. The Kier molecular flexibility index (Phi) is 5.07. The molecule has 2 aromatic heterocycles. The number of likely N-dealkylation sites (N-methyl/N-ethyl adjacent to an activating group) is 1. The average molecular weight is 299 g/mol. The molecule has 0 aliphatic heterocycles. The highest BCUT2D eigenvalue weighted by Gasteiger charge is 2.12. The number of pyridine rings is 1. The summed E-state index contributed by atoms with van der Waals surface area (Å²) in [5.74, 6) is 0. The summed E-state index contributed by atoms with van der Waals surface area (Å²) in [5.41, 5.74) is 1.79. The second kappa shape index (κ2) is 6.59. The van der Waals surface area contributed by atoms with Crippen LogP contribution in [0.4, 0.5) is 0 Å². The maximum absolute atomic E-state index is 5.99. The predicted octanol–water partition coefficient (Wildman–Crippen LogP) is 3.15. The molecule has 0 unspecified atom stereocenters. The van der Waals surface area contributed by atoms with Crippen molar-refractivity contribution < 1.29 is 0 Å². The number of rotatable bonds is 6. The van der Waals surface area contributed by atoms with E-state index >= 15 is 0 Å². The number of thioether (sulfide) groups is 1. The number of halogens is 1. The number of aromatic nitrogens is 3. The molecule has 0 radical (unpaired) electrons. The monoisotopic (exact) mass is 298 g/mol. The van der Waals surface area contributed by atoms with Gasteiger partial charge in [0.2, 0.25) is 0 Å². The van der Waals surface area contributed by atoms with Crippen LogP contribution in [0.25, 0.3) is 11.2 Å². The van der Waals surface area contributed by atoms with Crippen LogP contribution in [0.15, 0.2) is 17.3 Å². The minimum absolute atomic E-state index is 0.518. The SMILES string of the molecule is CCN(CC)CCn1c(SC)nc2ccc(Cl)nc21. The summed E-state index contributed by atoms with van der Waals surface area (Å²) in [6, 6.07) is 3.72. The van der Waals surface area contributed by atoms with E-state index < -0.39 is 0 Å². The Morgan fingerprint density at radius 1 is 1.26 bits per heavy atom. The maximum atomic E-state index is 5.99. The first-order valence-corrected chi connectivity index (χ1v) is 8.09. The van der Waals surface area contributed by atoms with Gasteiger partial charge in [-0.2, -0.15) is 0 Å². The second-order valence-electron chi connectivity index (χ2n) is 4.25. The van der Waals surface area contributed by atoms with Crippen molar-refractivity contribution in [3.05, 3.63) is 17.3 Å². The Hall–Kier alpha value is -0.780. The first kappa shape index (κ1) is 14.6. The van der Waals surface area contributed by atoms with E-state index in [2.05, 4.69) is 33.3 Å². The average Bonchev–Trinajstić information content (AvgIpc) is 2.77. The van der Waals surface area contributed by atoms with Gasteiger partial charge in [-0.25, -0.2) is 9.97 Å². The summed E-state index contributed by atoms with van der Waals surface area (Å²) in [5, 5.41) is 1.51. The molecule has 0 atom stereocenters. The third kappa shape index (κ3) is 3.22. The van der Waals surface area contributed by atoms with Crippen LogP contribution in [-0.2, 0) is 6.54 Å². The van der Waals surface area contributed by atoms with Gasteiger partial charge in [-0.15, -0.1) is 0 Å². The molecule has 6 heteroatoms. The first-order valence-electron chi connectivity index (χ1n) is 6.48. The van der Waals surface area contributed by atoms with Crippen LogP contribution >= 0.6 is 23.4 Å². The Bertz CT molecular complexity index is 551. The van der Waals surface area contributed by atoms with Gasteiger partial charge < -0.3 is 9.47 Å². The van der Waals surface area contributed by atoms with Gasteiger partial charge in [0.15, 0.2) is 10.8 Å². The van der Waals surface area contributed by atoms with Gasteiger partial charge in [-0.3, -0.25) is 0 Å². The molecule has 2 aromatic rings. The van der Waals surface area contributed by atoms with Crippen molar-refractivity contribution in [1.82, 2.24) is 19.4 Å². The smallest absolute Gasteiger partial charge is 0.170 e. The third-order valence-corrected chi connectivity index (χ3v) is 4.13. The van der Waals surface area contributed by atoms with E-state index in [4.69, 9.17) is 11.6 Å². The van der Waals surface area contributed by atoms with Crippen LogP contribution in [0.3, 0.4) is 0 Å². The Morgan fingerprint density at radius 3 is 2.63 bits per heavy atom. The largest absolute Gasteiger partial charge is 0.302 e. The van der Waals surface area contributed by atoms with E-state index in [1.165, 1.54) is 0 Å². The summed E-state index contributed by atoms with van der Waals surface area (Å²) in [4.78, 5) is 11.4. The highest BCUT2D eigenvalue weighted by Crippen LogP contribution is 2.22. The standard InChI is InChI=1S/C13H19ClN4S/c1-4-17(5-2)8-9-18-12-10(15-13(18)19-3)6-7-11(14)16-12/h6-7H,4-5,8-9H2,1-3H3. The lowest BCUT2D eigenvalue weighted by atomic mass is 10.4. The van der Waals surface area contributed by atoms with Crippen molar-refractivity contribution in [2.45, 2.75) is 25.5 Å². The molecule has 4 nitrogen and oxygen atoms in total. The first-order chi connectivity index (χ1) is 9.19. The zero-order valence-electron chi connectivity index (χ0n) is 11.6. The van der Waals surface area contributed by atoms with Crippen LogP contribution in [0.5, 0.6) is 0 Å². The Labute approximate surface area is 123 Å². The summed E-state index contributed by atoms with van der Waals surface area (Å²) < 4.78 is 2.16. The second-order valence-corrected chi connectivity index (χ2v) is 5.41. The van der Waals surface area contributed by atoms with E-state index in [1.54, 1.807) is 17.8 Å². The number of hydrogen-bond acceptors (Lipinski definition) is 4. The lowest BCUT2D eigenvalue weighted by Gasteiger charge is -2.18. The van der Waals surface area contributed by atoms with Crippen molar-refractivity contribution in [2.75, 3.05) is 25.9 Å². The molecule has 19 heavy (non-hydrogen) atoms. The molecule has 0 N–H and O–H groups in total. The van der Waals surface area contributed by atoms with Crippen molar-refractivity contribution in [1.29, 1.82) is 0 Å². The van der Waals surface area contributed by atoms with Gasteiger partial charge >= 0.3 is 0 Å². The lowest BCUT2D eigenvalue weighted by molar-refractivity contribution is 0.288. The van der Waals surface area contributed by atoms with Crippen molar-refractivity contribution in [3.63, 3.8) is 0 Å². The van der Waals surface area contributed by atoms with Crippen LogP contribution in [0.2, 0.25) is 5.15 Å². The Balaban J connectivity index is 2.31. The molecule has 0 aliphatic rings. The van der Waals surface area contributed by atoms with E-state index in [0.29, 0.717) is 5.15 Å². The molecule has 0 fully saturated rings. The number of imidazole rings is 1. The fourth-order valence-corrected chi connectivity index (χ4v) is 2.83. The van der Waals surface area contributed by atoms with Gasteiger partial charge in [0, 0.05) is 13.1 Å². The van der Waals surface area contributed by atoms with Crippen molar-refractivity contribution >= 4 is 34.5 Å². The molecule has 2 rings (SSSR count). The summed E-state index contributed by atoms with van der Waals surface area (Å²) in [6.07, 6.45) is 2.04. The number of fused-ring (bicyclic) bond motifs is 1. The fourth-order valence-electron chi connectivity index (χ4n) is 2.10. The fraction of sp³-hybridized carbons (Fsp3) is 0.538. The summed E-state index contributed by atoms with van der Waals surface area (Å²) in [6.45, 7) is 8.37. The zero-order chi connectivity index (χ0) is 13.8. The summed E-state index contributed by atoms with van der Waals surface area (Å²) in [7, 11) is 0. The predicted molar refractivity (Wildman–Crippen MR) is 82.1 cm³/mol.